The number of hydrogen-bond donors (Lipinski definition) is 2. The lowest BCUT2D eigenvalue weighted by Gasteiger charge is -2.19. The molecule has 0 saturated heterocycles. The molecule has 0 radical (unpaired) electrons. The van der Waals surface area contributed by atoms with E-state index in [9.17, 15) is 5.11 Å². The second-order valence-electron chi connectivity index (χ2n) is 5.01. The molecule has 0 amide bonds. The number of aliphatic hydroxyl groups is 1. The summed E-state index contributed by atoms with van der Waals surface area (Å²) >= 11 is 0. The Morgan fingerprint density at radius 3 is 2.44 bits per heavy atom. The zero-order chi connectivity index (χ0) is 13.4. The molecule has 3 heteroatoms. The van der Waals surface area contributed by atoms with Crippen molar-refractivity contribution < 1.29 is 15.2 Å². The number of quaternary nitrogens is 1. The van der Waals surface area contributed by atoms with E-state index in [-0.39, 0.29) is 6.10 Å². The first-order valence-electron chi connectivity index (χ1n) is 6.81. The number of aliphatic hydroxyl groups excluding tert-OH is 1. The average Bonchev–Trinajstić information content (AvgIpc) is 2.38. The van der Waals surface area contributed by atoms with E-state index in [1.807, 2.05) is 18.2 Å². The van der Waals surface area contributed by atoms with Gasteiger partial charge in [-0.15, -0.1) is 0 Å². The van der Waals surface area contributed by atoms with Crippen molar-refractivity contribution in [2.75, 3.05) is 13.2 Å². The molecule has 18 heavy (non-hydrogen) atoms. The maximum Gasteiger partial charge on any atom is 0.126 e. The van der Waals surface area contributed by atoms with Crippen LogP contribution in [0.2, 0.25) is 0 Å². The number of hydrogen-bond acceptors (Lipinski definition) is 2. The van der Waals surface area contributed by atoms with Crippen LogP contribution in [0.3, 0.4) is 0 Å². The van der Waals surface area contributed by atoms with E-state index in [1.54, 1.807) is 0 Å². The summed E-state index contributed by atoms with van der Waals surface area (Å²) in [6.07, 6.45) is 0.607. The summed E-state index contributed by atoms with van der Waals surface area (Å²) in [5.74, 6) is 0. The summed E-state index contributed by atoms with van der Waals surface area (Å²) in [5.41, 5.74) is 1.18. The molecule has 1 aromatic carbocycles. The van der Waals surface area contributed by atoms with Gasteiger partial charge in [-0.2, -0.15) is 0 Å². The van der Waals surface area contributed by atoms with Crippen LogP contribution < -0.4 is 5.32 Å². The molecule has 0 heterocycles. The molecule has 0 fully saturated rings. The minimum atomic E-state index is -0.398. The Balaban J connectivity index is 2.36. The normalized spacial score (nSPS) is 14.7. The molecule has 3 nitrogen and oxygen atoms in total. The van der Waals surface area contributed by atoms with Gasteiger partial charge in [0.15, 0.2) is 0 Å². The maximum atomic E-state index is 9.83. The molecular weight excluding hydrogens is 226 g/mol. The van der Waals surface area contributed by atoms with E-state index in [0.29, 0.717) is 19.2 Å². The van der Waals surface area contributed by atoms with Crippen LogP contribution in [0.25, 0.3) is 0 Å². The Hall–Kier alpha value is -0.900. The number of ether oxygens (including phenoxy) is 1. The molecule has 0 aliphatic rings. The van der Waals surface area contributed by atoms with Gasteiger partial charge in [-0.25, -0.2) is 0 Å². The van der Waals surface area contributed by atoms with Crippen molar-refractivity contribution in [3.8, 4) is 0 Å². The van der Waals surface area contributed by atoms with Crippen LogP contribution in [-0.4, -0.2) is 30.4 Å². The number of nitrogens with two attached hydrogens (primary N) is 1. The first-order chi connectivity index (χ1) is 8.63. The highest BCUT2D eigenvalue weighted by Crippen LogP contribution is 2.20. The van der Waals surface area contributed by atoms with Crippen LogP contribution >= 0.6 is 0 Å². The van der Waals surface area contributed by atoms with Crippen LogP contribution in [-0.2, 0) is 4.74 Å². The van der Waals surface area contributed by atoms with Crippen molar-refractivity contribution in [2.24, 2.45) is 0 Å². The fourth-order valence-electron chi connectivity index (χ4n) is 1.84. The topological polar surface area (TPSA) is 46.1 Å². The van der Waals surface area contributed by atoms with E-state index in [2.05, 4.69) is 38.2 Å². The second-order valence-corrected chi connectivity index (χ2v) is 5.01. The fraction of sp³-hybridized carbons (Fsp3) is 0.600. The van der Waals surface area contributed by atoms with Crippen molar-refractivity contribution in [1.82, 2.24) is 0 Å². The van der Waals surface area contributed by atoms with Gasteiger partial charge >= 0.3 is 0 Å². The smallest absolute Gasteiger partial charge is 0.126 e. The second kappa shape index (κ2) is 8.25. The molecule has 102 valence electrons. The van der Waals surface area contributed by atoms with Gasteiger partial charge in [0.05, 0.1) is 18.8 Å². The largest absolute Gasteiger partial charge is 0.385 e. The van der Waals surface area contributed by atoms with Crippen molar-refractivity contribution in [1.29, 1.82) is 0 Å². The summed E-state index contributed by atoms with van der Waals surface area (Å²) in [6.45, 7) is 7.43. The van der Waals surface area contributed by atoms with E-state index in [0.717, 1.165) is 6.42 Å². The van der Waals surface area contributed by atoms with Crippen LogP contribution in [0.5, 0.6) is 0 Å². The minimum absolute atomic E-state index is 0.0832. The van der Waals surface area contributed by atoms with Gasteiger partial charge in [-0.05, 0) is 25.8 Å². The van der Waals surface area contributed by atoms with Crippen molar-refractivity contribution in [3.05, 3.63) is 35.9 Å². The highest BCUT2D eigenvalue weighted by atomic mass is 16.5. The molecule has 0 spiro atoms. The average molecular weight is 252 g/mol. The number of benzene rings is 1. The standard InChI is InChI=1S/C15H25NO2/c1-4-15(13-8-6-5-7-9-13)18-11-14(17)10-16-12(2)3/h5-9,12,14-17H,4,10-11H2,1-3H3/p+1/t14-,15-/m1/s1. The predicted molar refractivity (Wildman–Crippen MR) is 73.4 cm³/mol. The van der Waals surface area contributed by atoms with Gasteiger partial charge in [0.2, 0.25) is 0 Å². The predicted octanol–water partition coefficient (Wildman–Crippen LogP) is 1.49. The van der Waals surface area contributed by atoms with E-state index < -0.39 is 6.10 Å². The third kappa shape index (κ3) is 5.63. The Morgan fingerprint density at radius 1 is 1.22 bits per heavy atom. The van der Waals surface area contributed by atoms with Gasteiger partial charge in [-0.3, -0.25) is 0 Å². The lowest BCUT2D eigenvalue weighted by molar-refractivity contribution is -0.688. The van der Waals surface area contributed by atoms with Gasteiger partial charge in [0, 0.05) is 0 Å². The fourth-order valence-corrected chi connectivity index (χ4v) is 1.84. The summed E-state index contributed by atoms with van der Waals surface area (Å²) < 4.78 is 5.80. The molecule has 1 rings (SSSR count). The molecule has 1 aromatic rings. The summed E-state index contributed by atoms with van der Waals surface area (Å²) in [5, 5.41) is 12.0. The molecule has 0 unspecified atom stereocenters. The van der Waals surface area contributed by atoms with E-state index in [1.165, 1.54) is 5.56 Å². The molecule has 0 bridgehead atoms. The molecule has 2 atom stereocenters. The number of rotatable bonds is 8. The first-order valence-corrected chi connectivity index (χ1v) is 6.81. The Bertz CT molecular complexity index is 314. The highest BCUT2D eigenvalue weighted by Gasteiger charge is 2.13. The lowest BCUT2D eigenvalue weighted by Crippen LogP contribution is -2.90. The Labute approximate surface area is 110 Å². The molecule has 0 aromatic heterocycles. The van der Waals surface area contributed by atoms with Gasteiger partial charge in [-0.1, -0.05) is 37.3 Å². The monoisotopic (exact) mass is 252 g/mol. The zero-order valence-corrected chi connectivity index (χ0v) is 11.7. The molecule has 0 aliphatic carbocycles. The quantitative estimate of drug-likeness (QED) is 0.736. The minimum Gasteiger partial charge on any atom is -0.385 e. The van der Waals surface area contributed by atoms with Crippen LogP contribution in [0.1, 0.15) is 38.9 Å². The molecule has 3 N–H and O–H groups in total. The lowest BCUT2D eigenvalue weighted by atomic mass is 10.1. The molecule has 0 aliphatic heterocycles. The molecular formula is C15H26NO2+. The summed E-state index contributed by atoms with van der Waals surface area (Å²) in [6, 6.07) is 10.7. The van der Waals surface area contributed by atoms with Crippen LogP contribution in [0.15, 0.2) is 30.3 Å². The van der Waals surface area contributed by atoms with Gasteiger partial charge in [0.25, 0.3) is 0 Å². The summed E-state index contributed by atoms with van der Waals surface area (Å²) in [4.78, 5) is 0. The molecule has 0 saturated carbocycles. The Kier molecular flexibility index (Phi) is 6.94. The van der Waals surface area contributed by atoms with E-state index in [4.69, 9.17) is 4.74 Å². The van der Waals surface area contributed by atoms with E-state index >= 15 is 0 Å². The van der Waals surface area contributed by atoms with Crippen LogP contribution in [0, 0.1) is 0 Å². The third-order valence-corrected chi connectivity index (χ3v) is 2.91. The van der Waals surface area contributed by atoms with Gasteiger partial charge in [0.1, 0.15) is 12.6 Å². The van der Waals surface area contributed by atoms with Gasteiger partial charge < -0.3 is 15.2 Å². The Morgan fingerprint density at radius 2 is 1.89 bits per heavy atom. The van der Waals surface area contributed by atoms with Crippen molar-refractivity contribution in [3.63, 3.8) is 0 Å². The zero-order valence-electron chi connectivity index (χ0n) is 11.7. The van der Waals surface area contributed by atoms with Crippen LogP contribution in [0.4, 0.5) is 0 Å². The first kappa shape index (κ1) is 15.2. The highest BCUT2D eigenvalue weighted by molar-refractivity contribution is 5.17. The maximum absolute atomic E-state index is 9.83. The van der Waals surface area contributed by atoms with Crippen molar-refractivity contribution >= 4 is 0 Å². The SMILES string of the molecule is CC[C@@H](OC[C@H](O)C[NH2+]C(C)C)c1ccccc1. The van der Waals surface area contributed by atoms with Crippen molar-refractivity contribution in [2.45, 2.75) is 45.4 Å². The third-order valence-electron chi connectivity index (χ3n) is 2.91. The summed E-state index contributed by atoms with van der Waals surface area (Å²) in [7, 11) is 0.